The number of amides is 1. The molecule has 1 fully saturated rings. The van der Waals surface area contributed by atoms with E-state index in [2.05, 4.69) is 22.1 Å². The first-order valence-corrected chi connectivity index (χ1v) is 7.68. The van der Waals surface area contributed by atoms with Crippen LogP contribution in [0.25, 0.3) is 0 Å². The van der Waals surface area contributed by atoms with Crippen LogP contribution in [0.4, 0.5) is 0 Å². The molecular weight excluding hydrogens is 282 g/mol. The van der Waals surface area contributed by atoms with E-state index < -0.39 is 0 Å². The lowest BCUT2D eigenvalue weighted by Gasteiger charge is -2.31. The van der Waals surface area contributed by atoms with Crippen LogP contribution < -0.4 is 5.69 Å². The Morgan fingerprint density at radius 1 is 1.41 bits per heavy atom. The third kappa shape index (κ3) is 2.58. The van der Waals surface area contributed by atoms with E-state index in [4.69, 9.17) is 0 Å². The Morgan fingerprint density at radius 3 is 2.73 bits per heavy atom. The van der Waals surface area contributed by atoms with Crippen molar-refractivity contribution in [2.75, 3.05) is 13.1 Å². The average Bonchev–Trinajstić information content (AvgIpc) is 3.12. The largest absolute Gasteiger partial charge is 0.354 e. The lowest BCUT2D eigenvalue weighted by Crippen LogP contribution is -2.38. The van der Waals surface area contributed by atoms with Crippen molar-refractivity contribution in [3.63, 3.8) is 0 Å². The molecule has 0 aromatic carbocycles. The van der Waals surface area contributed by atoms with E-state index in [1.807, 2.05) is 28.8 Å². The normalized spacial score (nSPS) is 16.2. The van der Waals surface area contributed by atoms with Crippen LogP contribution in [-0.4, -0.2) is 43.6 Å². The van der Waals surface area contributed by atoms with Gasteiger partial charge in [-0.15, -0.1) is 0 Å². The molecule has 0 aliphatic carbocycles. The standard InChI is InChI=1S/C15H21N5O2/c1-3-12-11(6-7-19(12)2)14(21)20-8-4-10(5-9-20)13-16-15(22)18-17-13/h6-7,10H,3-5,8-9H2,1-2H3,(H2,16,17,18,22). The molecule has 0 spiro atoms. The van der Waals surface area contributed by atoms with Gasteiger partial charge in [0.25, 0.3) is 5.91 Å². The molecule has 2 N–H and O–H groups in total. The van der Waals surface area contributed by atoms with Crippen molar-refractivity contribution in [1.29, 1.82) is 0 Å². The molecule has 1 aliphatic rings. The topological polar surface area (TPSA) is 86.8 Å². The Bertz CT molecular complexity index is 718. The van der Waals surface area contributed by atoms with Crippen LogP contribution in [0.15, 0.2) is 17.1 Å². The molecule has 2 aromatic rings. The van der Waals surface area contributed by atoms with Gasteiger partial charge in [0.1, 0.15) is 5.82 Å². The van der Waals surface area contributed by atoms with Gasteiger partial charge in [-0.05, 0) is 25.3 Å². The predicted octanol–water partition coefficient (Wildman–Crippen LogP) is 1.02. The van der Waals surface area contributed by atoms with Crippen LogP contribution in [0, 0.1) is 0 Å². The minimum Gasteiger partial charge on any atom is -0.354 e. The Balaban J connectivity index is 1.68. The van der Waals surface area contributed by atoms with Gasteiger partial charge in [0.15, 0.2) is 0 Å². The van der Waals surface area contributed by atoms with Crippen molar-refractivity contribution < 1.29 is 4.79 Å². The van der Waals surface area contributed by atoms with Gasteiger partial charge in [0, 0.05) is 37.9 Å². The maximum absolute atomic E-state index is 12.7. The van der Waals surface area contributed by atoms with Gasteiger partial charge in [0.05, 0.1) is 5.56 Å². The fourth-order valence-corrected chi connectivity index (χ4v) is 3.20. The number of H-pyrrole nitrogens is 2. The van der Waals surface area contributed by atoms with Gasteiger partial charge in [-0.2, -0.15) is 5.10 Å². The number of hydrogen-bond donors (Lipinski definition) is 2. The lowest BCUT2D eigenvalue weighted by atomic mass is 9.95. The molecule has 0 atom stereocenters. The number of hydrogen-bond acceptors (Lipinski definition) is 3. The SMILES string of the molecule is CCc1c(C(=O)N2CCC(c3n[nH]c(=O)[nH]3)CC2)ccn1C. The molecule has 0 unspecified atom stereocenters. The van der Waals surface area contributed by atoms with E-state index in [0.29, 0.717) is 18.9 Å². The summed E-state index contributed by atoms with van der Waals surface area (Å²) >= 11 is 0. The van der Waals surface area contributed by atoms with Crippen LogP contribution in [0.2, 0.25) is 0 Å². The molecule has 7 heteroatoms. The first-order chi connectivity index (χ1) is 10.6. The van der Waals surface area contributed by atoms with Crippen molar-refractivity contribution in [2.45, 2.75) is 32.1 Å². The second-order valence-corrected chi connectivity index (χ2v) is 5.77. The fraction of sp³-hybridized carbons (Fsp3) is 0.533. The summed E-state index contributed by atoms with van der Waals surface area (Å²) in [7, 11) is 1.97. The molecule has 0 radical (unpaired) electrons. The third-order valence-electron chi connectivity index (χ3n) is 4.46. The number of aromatic nitrogens is 4. The van der Waals surface area contributed by atoms with Crippen molar-refractivity contribution in [3.05, 3.63) is 39.8 Å². The lowest BCUT2D eigenvalue weighted by molar-refractivity contribution is 0.0710. The number of nitrogens with one attached hydrogen (secondary N) is 2. The summed E-state index contributed by atoms with van der Waals surface area (Å²) < 4.78 is 2.01. The smallest absolute Gasteiger partial charge is 0.340 e. The summed E-state index contributed by atoms with van der Waals surface area (Å²) in [5.74, 6) is 1.02. The number of likely N-dealkylation sites (tertiary alicyclic amines) is 1. The minimum absolute atomic E-state index is 0.103. The molecule has 3 rings (SSSR count). The summed E-state index contributed by atoms with van der Waals surface area (Å²) in [5, 5.41) is 6.40. The van der Waals surface area contributed by atoms with Gasteiger partial charge < -0.3 is 9.47 Å². The molecule has 7 nitrogen and oxygen atoms in total. The van der Waals surface area contributed by atoms with E-state index in [1.165, 1.54) is 0 Å². The number of aromatic amines is 2. The van der Waals surface area contributed by atoms with E-state index in [0.717, 1.165) is 30.5 Å². The molecule has 3 heterocycles. The monoisotopic (exact) mass is 303 g/mol. The van der Waals surface area contributed by atoms with E-state index in [1.54, 1.807) is 0 Å². The molecule has 1 aliphatic heterocycles. The molecule has 118 valence electrons. The first-order valence-electron chi connectivity index (χ1n) is 7.68. The summed E-state index contributed by atoms with van der Waals surface area (Å²) in [6.45, 7) is 3.44. The van der Waals surface area contributed by atoms with Gasteiger partial charge >= 0.3 is 5.69 Å². The Morgan fingerprint density at radius 2 is 2.14 bits per heavy atom. The van der Waals surface area contributed by atoms with Crippen molar-refractivity contribution in [3.8, 4) is 0 Å². The molecule has 22 heavy (non-hydrogen) atoms. The van der Waals surface area contributed by atoms with Gasteiger partial charge in [-0.3, -0.25) is 9.78 Å². The van der Waals surface area contributed by atoms with Crippen LogP contribution in [0.1, 0.15) is 47.6 Å². The van der Waals surface area contributed by atoms with Crippen LogP contribution >= 0.6 is 0 Å². The zero-order valence-corrected chi connectivity index (χ0v) is 12.9. The van der Waals surface area contributed by atoms with Gasteiger partial charge in [0.2, 0.25) is 0 Å². The Kier molecular flexibility index (Phi) is 3.87. The highest BCUT2D eigenvalue weighted by Gasteiger charge is 2.27. The maximum atomic E-state index is 12.7. The zero-order valence-electron chi connectivity index (χ0n) is 12.9. The summed E-state index contributed by atoms with van der Waals surface area (Å²) in [4.78, 5) is 28.4. The molecule has 2 aromatic heterocycles. The van der Waals surface area contributed by atoms with E-state index in [9.17, 15) is 9.59 Å². The summed E-state index contributed by atoms with van der Waals surface area (Å²) in [6, 6.07) is 1.90. The van der Waals surface area contributed by atoms with Crippen LogP contribution in [0.5, 0.6) is 0 Å². The van der Waals surface area contributed by atoms with Crippen molar-refractivity contribution in [2.24, 2.45) is 7.05 Å². The minimum atomic E-state index is -0.273. The highest BCUT2D eigenvalue weighted by Crippen LogP contribution is 2.26. The maximum Gasteiger partial charge on any atom is 0.340 e. The molecule has 1 amide bonds. The highest BCUT2D eigenvalue weighted by atomic mass is 16.2. The predicted molar refractivity (Wildman–Crippen MR) is 81.9 cm³/mol. The number of carbonyl (C=O) groups is 1. The number of piperidine rings is 1. The van der Waals surface area contributed by atoms with Crippen LogP contribution in [-0.2, 0) is 13.5 Å². The van der Waals surface area contributed by atoms with Crippen molar-refractivity contribution >= 4 is 5.91 Å². The zero-order chi connectivity index (χ0) is 15.7. The summed E-state index contributed by atoms with van der Waals surface area (Å²) in [5.41, 5.74) is 1.60. The number of carbonyl (C=O) groups excluding carboxylic acids is 1. The second-order valence-electron chi connectivity index (χ2n) is 5.77. The Hall–Kier alpha value is -2.31. The molecule has 0 bridgehead atoms. The first kappa shape index (κ1) is 14.6. The van der Waals surface area contributed by atoms with Gasteiger partial charge in [-0.25, -0.2) is 9.89 Å². The number of nitrogens with zero attached hydrogens (tertiary/aromatic N) is 3. The fourth-order valence-electron chi connectivity index (χ4n) is 3.20. The quantitative estimate of drug-likeness (QED) is 0.887. The average molecular weight is 303 g/mol. The second kappa shape index (κ2) is 5.82. The summed E-state index contributed by atoms with van der Waals surface area (Å²) in [6.07, 6.45) is 4.42. The van der Waals surface area contributed by atoms with E-state index in [-0.39, 0.29) is 17.5 Å². The van der Waals surface area contributed by atoms with Gasteiger partial charge in [-0.1, -0.05) is 6.92 Å². The van der Waals surface area contributed by atoms with E-state index >= 15 is 0 Å². The van der Waals surface area contributed by atoms with Crippen molar-refractivity contribution in [1.82, 2.24) is 24.6 Å². The van der Waals surface area contributed by atoms with Crippen LogP contribution in [0.3, 0.4) is 0 Å². The molecule has 0 saturated carbocycles. The molecule has 1 saturated heterocycles. The number of rotatable bonds is 3. The number of aryl methyl sites for hydroxylation is 1. The molecular formula is C15H21N5O2. The Labute approximate surface area is 128 Å². The highest BCUT2D eigenvalue weighted by molar-refractivity contribution is 5.95. The third-order valence-corrected chi connectivity index (χ3v) is 4.46.